The van der Waals surface area contributed by atoms with Crippen molar-refractivity contribution in [3.8, 4) is 11.1 Å². The van der Waals surface area contributed by atoms with Crippen LogP contribution in [0.25, 0.3) is 43.6 Å². The minimum atomic E-state index is -0.0920. The summed E-state index contributed by atoms with van der Waals surface area (Å²) >= 11 is 0. The van der Waals surface area contributed by atoms with Crippen LogP contribution in [-0.2, 0) is 5.41 Å². The Hall–Kier alpha value is -5.02. The van der Waals surface area contributed by atoms with Gasteiger partial charge in [0.25, 0.3) is 0 Å². The molecule has 0 saturated carbocycles. The standard InChI is InChI=1S/C37H27N3/c1-37(2)31-15-7-9-17-35(31)40(36-18-10-8-16-32(36)37)34-20-19-27(24-11-5-6-14-28(24)34)29-21-33-30(22-38-23-39-33)26-13-4-3-12-25(26)29/h3-23H,1-2H3. The van der Waals surface area contributed by atoms with E-state index in [0.29, 0.717) is 0 Å². The lowest BCUT2D eigenvalue weighted by molar-refractivity contribution is 0.632. The molecule has 0 N–H and O–H groups in total. The van der Waals surface area contributed by atoms with E-state index in [-0.39, 0.29) is 5.41 Å². The highest BCUT2D eigenvalue weighted by Crippen LogP contribution is 2.53. The Kier molecular flexibility index (Phi) is 4.86. The van der Waals surface area contributed by atoms with Gasteiger partial charge in [0.1, 0.15) is 6.33 Å². The molecule has 0 bridgehead atoms. The van der Waals surface area contributed by atoms with E-state index in [2.05, 4.69) is 144 Å². The number of hydrogen-bond donors (Lipinski definition) is 0. The van der Waals surface area contributed by atoms with E-state index in [4.69, 9.17) is 0 Å². The van der Waals surface area contributed by atoms with Crippen LogP contribution >= 0.6 is 0 Å². The highest BCUT2D eigenvalue weighted by atomic mass is 15.2. The van der Waals surface area contributed by atoms with E-state index in [1.165, 1.54) is 60.9 Å². The first-order valence-electron chi connectivity index (χ1n) is 13.8. The minimum Gasteiger partial charge on any atom is -0.309 e. The fraction of sp³-hybridized carbons (Fsp3) is 0.0811. The second-order valence-corrected chi connectivity index (χ2v) is 11.1. The number of benzene rings is 6. The summed E-state index contributed by atoms with van der Waals surface area (Å²) in [5, 5.41) is 5.89. The van der Waals surface area contributed by atoms with E-state index in [0.717, 1.165) is 10.9 Å². The highest BCUT2D eigenvalue weighted by molar-refractivity contribution is 6.16. The minimum absolute atomic E-state index is 0.0920. The first-order chi connectivity index (χ1) is 19.6. The first kappa shape index (κ1) is 22.9. The van der Waals surface area contributed by atoms with Gasteiger partial charge < -0.3 is 4.90 Å². The summed E-state index contributed by atoms with van der Waals surface area (Å²) in [6.07, 6.45) is 3.55. The number of anilines is 3. The number of para-hydroxylation sites is 2. The van der Waals surface area contributed by atoms with Crippen LogP contribution in [0, 0.1) is 0 Å². The van der Waals surface area contributed by atoms with Gasteiger partial charge in [-0.1, -0.05) is 105 Å². The molecule has 1 aromatic heterocycles. The van der Waals surface area contributed by atoms with E-state index < -0.39 is 0 Å². The zero-order valence-electron chi connectivity index (χ0n) is 22.5. The molecule has 0 unspecified atom stereocenters. The Labute approximate surface area is 233 Å². The quantitative estimate of drug-likeness (QED) is 0.215. The fourth-order valence-corrected chi connectivity index (χ4v) is 6.69. The maximum absolute atomic E-state index is 4.63. The van der Waals surface area contributed by atoms with Gasteiger partial charge in [0.2, 0.25) is 0 Å². The summed E-state index contributed by atoms with van der Waals surface area (Å²) in [7, 11) is 0. The molecule has 0 atom stereocenters. The van der Waals surface area contributed by atoms with Crippen LogP contribution in [0.3, 0.4) is 0 Å². The van der Waals surface area contributed by atoms with Crippen LogP contribution in [0.4, 0.5) is 17.1 Å². The summed E-state index contributed by atoms with van der Waals surface area (Å²) in [6.45, 7) is 4.66. The van der Waals surface area contributed by atoms with E-state index in [9.17, 15) is 0 Å². The molecule has 0 fully saturated rings. The molecule has 0 radical (unpaired) electrons. The second kappa shape index (κ2) is 8.49. The fourth-order valence-electron chi connectivity index (χ4n) is 6.69. The third-order valence-electron chi connectivity index (χ3n) is 8.60. The van der Waals surface area contributed by atoms with Crippen LogP contribution < -0.4 is 4.90 Å². The molecule has 190 valence electrons. The molecule has 0 saturated heterocycles. The number of hydrogen-bond acceptors (Lipinski definition) is 3. The Morgan fingerprint density at radius 3 is 1.80 bits per heavy atom. The van der Waals surface area contributed by atoms with Gasteiger partial charge >= 0.3 is 0 Å². The lowest BCUT2D eigenvalue weighted by Gasteiger charge is -2.42. The summed E-state index contributed by atoms with van der Waals surface area (Å²) in [4.78, 5) is 11.4. The highest BCUT2D eigenvalue weighted by Gasteiger charge is 2.36. The number of nitrogens with zero attached hydrogens (tertiary/aromatic N) is 3. The molecule has 0 aliphatic carbocycles. The van der Waals surface area contributed by atoms with Crippen LogP contribution in [0.15, 0.2) is 128 Å². The van der Waals surface area contributed by atoms with Crippen LogP contribution in [0.1, 0.15) is 25.0 Å². The molecule has 6 aromatic carbocycles. The van der Waals surface area contributed by atoms with Crippen molar-refractivity contribution in [2.45, 2.75) is 19.3 Å². The maximum Gasteiger partial charge on any atom is 0.116 e. The molecule has 0 amide bonds. The third kappa shape index (κ3) is 3.18. The maximum atomic E-state index is 4.63. The van der Waals surface area contributed by atoms with Gasteiger partial charge in [0.05, 0.1) is 22.6 Å². The molecule has 3 heteroatoms. The van der Waals surface area contributed by atoms with E-state index in [1.807, 2.05) is 6.20 Å². The van der Waals surface area contributed by atoms with Gasteiger partial charge in [-0.15, -0.1) is 0 Å². The SMILES string of the molecule is CC1(C)c2ccccc2N(c2ccc(-c3cc4ncncc4c4ccccc34)c3ccccc23)c2ccccc21. The van der Waals surface area contributed by atoms with Crippen molar-refractivity contribution in [3.63, 3.8) is 0 Å². The molecular formula is C37H27N3. The molecular weight excluding hydrogens is 486 g/mol. The number of fused-ring (bicyclic) bond motifs is 6. The van der Waals surface area contributed by atoms with Gasteiger partial charge in [0, 0.05) is 22.4 Å². The number of rotatable bonds is 2. The molecule has 40 heavy (non-hydrogen) atoms. The number of aromatic nitrogens is 2. The molecule has 7 aromatic rings. The van der Waals surface area contributed by atoms with Gasteiger partial charge in [-0.3, -0.25) is 0 Å². The molecule has 2 heterocycles. The first-order valence-corrected chi connectivity index (χ1v) is 13.8. The molecule has 0 spiro atoms. The average molecular weight is 514 g/mol. The van der Waals surface area contributed by atoms with Gasteiger partial charge in [-0.05, 0) is 62.7 Å². The van der Waals surface area contributed by atoms with Crippen LogP contribution in [-0.4, -0.2) is 9.97 Å². The van der Waals surface area contributed by atoms with Crippen molar-refractivity contribution in [2.24, 2.45) is 0 Å². The average Bonchev–Trinajstić information content (AvgIpc) is 3.01. The largest absolute Gasteiger partial charge is 0.309 e. The second-order valence-electron chi connectivity index (χ2n) is 11.1. The van der Waals surface area contributed by atoms with Gasteiger partial charge in [0.15, 0.2) is 0 Å². The van der Waals surface area contributed by atoms with Gasteiger partial charge in [-0.2, -0.15) is 0 Å². The summed E-state index contributed by atoms with van der Waals surface area (Å²) in [5.74, 6) is 0. The van der Waals surface area contributed by atoms with Crippen LogP contribution in [0.5, 0.6) is 0 Å². The van der Waals surface area contributed by atoms with Crippen molar-refractivity contribution in [1.82, 2.24) is 9.97 Å². The monoisotopic (exact) mass is 513 g/mol. The van der Waals surface area contributed by atoms with Crippen molar-refractivity contribution >= 4 is 49.5 Å². The van der Waals surface area contributed by atoms with E-state index >= 15 is 0 Å². The van der Waals surface area contributed by atoms with Crippen molar-refractivity contribution < 1.29 is 0 Å². The molecule has 3 nitrogen and oxygen atoms in total. The lowest BCUT2D eigenvalue weighted by Crippen LogP contribution is -2.30. The predicted octanol–water partition coefficient (Wildman–Crippen LogP) is 9.71. The summed E-state index contributed by atoms with van der Waals surface area (Å²) in [5.41, 5.74) is 9.57. The smallest absolute Gasteiger partial charge is 0.116 e. The predicted molar refractivity (Wildman–Crippen MR) is 167 cm³/mol. The Morgan fingerprint density at radius 2 is 1.10 bits per heavy atom. The van der Waals surface area contributed by atoms with Crippen LogP contribution in [0.2, 0.25) is 0 Å². The Morgan fingerprint density at radius 1 is 0.525 bits per heavy atom. The van der Waals surface area contributed by atoms with Gasteiger partial charge in [-0.25, -0.2) is 9.97 Å². The normalized spacial score (nSPS) is 13.9. The summed E-state index contributed by atoms with van der Waals surface area (Å²) < 4.78 is 0. The van der Waals surface area contributed by atoms with Crippen molar-refractivity contribution in [3.05, 3.63) is 139 Å². The summed E-state index contributed by atoms with van der Waals surface area (Å²) in [6, 6.07) is 41.8. The molecule has 1 aliphatic rings. The van der Waals surface area contributed by atoms with E-state index in [1.54, 1.807) is 6.33 Å². The Balaban J connectivity index is 1.43. The topological polar surface area (TPSA) is 29.0 Å². The zero-order valence-corrected chi connectivity index (χ0v) is 22.5. The zero-order chi connectivity index (χ0) is 26.8. The molecule has 8 rings (SSSR count). The molecule has 1 aliphatic heterocycles. The lowest BCUT2D eigenvalue weighted by atomic mass is 9.73. The van der Waals surface area contributed by atoms with Crippen molar-refractivity contribution in [2.75, 3.05) is 4.90 Å². The van der Waals surface area contributed by atoms with Crippen molar-refractivity contribution in [1.29, 1.82) is 0 Å². The third-order valence-corrected chi connectivity index (χ3v) is 8.60. The Bertz CT molecular complexity index is 2060.